The molecule has 3 aromatic rings. The molecule has 0 bridgehead atoms. The number of anilines is 1. The van der Waals surface area contributed by atoms with Gasteiger partial charge in [-0.3, -0.25) is 4.79 Å². The summed E-state index contributed by atoms with van der Waals surface area (Å²) in [6, 6.07) is 15.9. The fourth-order valence-corrected chi connectivity index (χ4v) is 3.35. The van der Waals surface area contributed by atoms with E-state index in [9.17, 15) is 4.79 Å². The molecule has 0 heterocycles. The lowest BCUT2D eigenvalue weighted by Crippen LogP contribution is -2.20. The first-order valence-electron chi connectivity index (χ1n) is 8.81. The predicted octanol–water partition coefficient (Wildman–Crippen LogP) is 6.23. The fraction of sp³-hybridized carbons (Fsp3) is 0.0476. The largest absolute Gasteiger partial charge is 0.480 e. The third kappa shape index (κ3) is 6.60. The molecule has 7 nitrogen and oxygen atoms in total. The molecule has 11 heteroatoms. The van der Waals surface area contributed by atoms with Crippen molar-refractivity contribution in [2.45, 2.75) is 0 Å². The summed E-state index contributed by atoms with van der Waals surface area (Å²) in [6.45, 7) is -0.329. The Morgan fingerprint density at radius 3 is 2.53 bits per heavy atom. The van der Waals surface area contributed by atoms with Crippen molar-refractivity contribution in [3.63, 3.8) is 0 Å². The van der Waals surface area contributed by atoms with E-state index in [2.05, 4.69) is 5.32 Å². The lowest BCUT2D eigenvalue weighted by atomic mass is 10.2. The first kappa shape index (κ1) is 23.9. The molecular weight excluding hydrogens is 497 g/mol. The van der Waals surface area contributed by atoms with Crippen LogP contribution in [0.5, 0.6) is 23.0 Å². The molecule has 0 radical (unpaired) electrons. The van der Waals surface area contributed by atoms with Gasteiger partial charge in [0.15, 0.2) is 18.1 Å². The average Bonchev–Trinajstić information content (AvgIpc) is 2.75. The van der Waals surface area contributed by atoms with Crippen molar-refractivity contribution < 1.29 is 18.5 Å². The summed E-state index contributed by atoms with van der Waals surface area (Å²) in [4.78, 5) is 12.3. The van der Waals surface area contributed by atoms with Crippen molar-refractivity contribution in [2.24, 2.45) is 5.14 Å². The zero-order chi connectivity index (χ0) is 23.1. The van der Waals surface area contributed by atoms with Crippen molar-refractivity contribution in [2.75, 3.05) is 11.9 Å². The minimum Gasteiger partial charge on any atom is -0.480 e. The Labute approximate surface area is 203 Å². The van der Waals surface area contributed by atoms with E-state index >= 15 is 0 Å². The second-order valence-corrected chi connectivity index (χ2v) is 7.78. The summed E-state index contributed by atoms with van der Waals surface area (Å²) < 4.78 is 16.5. The van der Waals surface area contributed by atoms with Crippen LogP contribution in [-0.4, -0.2) is 12.5 Å². The average molecular weight is 511 g/mol. The third-order valence-electron chi connectivity index (χ3n) is 3.85. The number of hydrogen-bond acceptors (Lipinski definition) is 7. The minimum absolute atomic E-state index is 0.246. The van der Waals surface area contributed by atoms with Crippen LogP contribution >= 0.6 is 47.0 Å². The highest BCUT2D eigenvalue weighted by molar-refractivity contribution is 7.92. The number of benzene rings is 3. The summed E-state index contributed by atoms with van der Waals surface area (Å²) in [5.41, 5.74) is 0.708. The van der Waals surface area contributed by atoms with Gasteiger partial charge in [-0.2, -0.15) is 5.26 Å². The van der Waals surface area contributed by atoms with Gasteiger partial charge in [0.25, 0.3) is 5.91 Å². The smallest absolute Gasteiger partial charge is 0.262 e. The van der Waals surface area contributed by atoms with Gasteiger partial charge < -0.3 is 19.0 Å². The molecule has 0 spiro atoms. The zero-order valence-corrected chi connectivity index (χ0v) is 19.2. The van der Waals surface area contributed by atoms with E-state index in [1.807, 2.05) is 6.07 Å². The second kappa shape index (κ2) is 11.2. The normalized spacial score (nSPS) is 10.2. The number of nitrogens with one attached hydrogen (secondary N) is 1. The highest BCUT2D eigenvalue weighted by atomic mass is 35.5. The number of nitrogens with two attached hydrogens (primary N) is 1. The first-order valence-corrected chi connectivity index (χ1v) is 10.8. The quantitative estimate of drug-likeness (QED) is 0.273. The maximum atomic E-state index is 12.3. The van der Waals surface area contributed by atoms with Crippen molar-refractivity contribution >= 4 is 58.6 Å². The van der Waals surface area contributed by atoms with Gasteiger partial charge in [-0.25, -0.2) is 5.14 Å². The number of halogens is 3. The number of ether oxygens (including phenoxy) is 2. The van der Waals surface area contributed by atoms with E-state index in [0.717, 1.165) is 0 Å². The molecule has 0 atom stereocenters. The number of rotatable bonds is 8. The first-order chi connectivity index (χ1) is 15.4. The van der Waals surface area contributed by atoms with Crippen LogP contribution in [-0.2, 0) is 4.79 Å². The molecule has 32 heavy (non-hydrogen) atoms. The highest BCUT2D eigenvalue weighted by Crippen LogP contribution is 2.35. The Kier molecular flexibility index (Phi) is 8.33. The highest BCUT2D eigenvalue weighted by Gasteiger charge is 2.13. The van der Waals surface area contributed by atoms with Crippen LogP contribution in [0.25, 0.3) is 0 Å². The number of nitrogens with zero attached hydrogens (tertiary/aromatic N) is 1. The summed E-state index contributed by atoms with van der Waals surface area (Å²) in [7, 11) is 0. The molecule has 3 aromatic carbocycles. The van der Waals surface area contributed by atoms with Crippen molar-refractivity contribution in [3.05, 3.63) is 75.2 Å². The van der Waals surface area contributed by atoms with E-state index in [1.165, 1.54) is 24.3 Å². The Morgan fingerprint density at radius 1 is 1.00 bits per heavy atom. The van der Waals surface area contributed by atoms with Crippen molar-refractivity contribution in [1.29, 1.82) is 5.26 Å². The molecule has 0 aliphatic rings. The van der Waals surface area contributed by atoms with Crippen LogP contribution in [0.15, 0.2) is 54.6 Å². The van der Waals surface area contributed by atoms with Crippen LogP contribution in [0.3, 0.4) is 0 Å². The molecule has 0 saturated heterocycles. The summed E-state index contributed by atoms with van der Waals surface area (Å²) in [5.74, 6) is 0.813. The molecule has 0 aromatic heterocycles. The fourth-order valence-electron chi connectivity index (χ4n) is 2.53. The van der Waals surface area contributed by atoms with Crippen LogP contribution < -0.4 is 24.1 Å². The molecule has 1 amide bonds. The number of amides is 1. The lowest BCUT2D eigenvalue weighted by Gasteiger charge is -2.14. The second-order valence-electron chi connectivity index (χ2n) is 6.14. The van der Waals surface area contributed by atoms with Crippen LogP contribution in [0.1, 0.15) is 5.56 Å². The number of carbonyl (C=O) groups is 1. The van der Waals surface area contributed by atoms with E-state index in [4.69, 9.17) is 58.9 Å². The van der Waals surface area contributed by atoms with Gasteiger partial charge in [-0.1, -0.05) is 34.8 Å². The molecule has 3 rings (SSSR count). The topological polar surface area (TPSA) is 107 Å². The maximum absolute atomic E-state index is 12.3. The van der Waals surface area contributed by atoms with Gasteiger partial charge in [-0.05, 0) is 42.5 Å². The van der Waals surface area contributed by atoms with Crippen molar-refractivity contribution in [1.82, 2.24) is 0 Å². The van der Waals surface area contributed by atoms with Gasteiger partial charge in [0.1, 0.15) is 23.7 Å². The van der Waals surface area contributed by atoms with Gasteiger partial charge in [0.05, 0.1) is 22.3 Å². The maximum Gasteiger partial charge on any atom is 0.262 e. The molecule has 0 aliphatic heterocycles. The van der Waals surface area contributed by atoms with Crippen molar-refractivity contribution in [3.8, 4) is 29.1 Å². The minimum atomic E-state index is -0.454. The SMILES string of the molecule is N#Cc1cc(Cl)cc(Oc2cc(Cl)ccc2OCC(=O)Nc2ccc(OSN)cc2Cl)c1. The Morgan fingerprint density at radius 2 is 1.81 bits per heavy atom. The zero-order valence-electron chi connectivity index (χ0n) is 16.1. The number of nitriles is 1. The monoisotopic (exact) mass is 509 g/mol. The molecule has 0 saturated carbocycles. The number of carbonyl (C=O) groups excluding carboxylic acids is 1. The van der Waals surface area contributed by atoms with Gasteiger partial charge >= 0.3 is 0 Å². The number of hydrogen-bond donors (Lipinski definition) is 2. The summed E-state index contributed by atoms with van der Waals surface area (Å²) >= 11 is 18.9. The van der Waals surface area contributed by atoms with E-state index < -0.39 is 5.91 Å². The Bertz CT molecular complexity index is 1190. The molecule has 164 valence electrons. The molecule has 0 aliphatic carbocycles. The molecule has 3 N–H and O–H groups in total. The van der Waals surface area contributed by atoms with E-state index in [-0.39, 0.29) is 23.1 Å². The van der Waals surface area contributed by atoms with Gasteiger partial charge in [-0.15, -0.1) is 0 Å². The summed E-state index contributed by atoms with van der Waals surface area (Å²) in [6.07, 6.45) is 0. The van der Waals surface area contributed by atoms with Crippen LogP contribution in [0, 0.1) is 11.3 Å². The third-order valence-corrected chi connectivity index (χ3v) is 4.91. The van der Waals surface area contributed by atoms with Gasteiger partial charge in [0, 0.05) is 22.2 Å². The Balaban J connectivity index is 1.70. The molecular formula is C21H14Cl3N3O4S. The summed E-state index contributed by atoms with van der Waals surface area (Å²) in [5, 5.41) is 18.0. The van der Waals surface area contributed by atoms with E-state index in [0.29, 0.717) is 45.0 Å². The molecule has 0 unspecified atom stereocenters. The lowest BCUT2D eigenvalue weighted by molar-refractivity contribution is -0.118. The standard InChI is InChI=1S/C21H14Cl3N3O4S/c22-13-1-4-19(20(8-13)30-16-6-12(10-25)5-14(23)7-16)29-11-21(28)27-18-3-2-15(31-32-26)9-17(18)24/h1-9H,11,26H2,(H,27,28). The van der Waals surface area contributed by atoms with Crippen LogP contribution in [0.2, 0.25) is 15.1 Å². The van der Waals surface area contributed by atoms with E-state index in [1.54, 1.807) is 30.3 Å². The predicted molar refractivity (Wildman–Crippen MR) is 126 cm³/mol. The Hall–Kier alpha value is -2.80. The van der Waals surface area contributed by atoms with Crippen LogP contribution in [0.4, 0.5) is 5.69 Å². The van der Waals surface area contributed by atoms with Gasteiger partial charge in [0.2, 0.25) is 0 Å². The molecule has 0 fully saturated rings.